The third-order valence-electron chi connectivity index (χ3n) is 3.64. The van der Waals surface area contributed by atoms with Crippen molar-refractivity contribution < 1.29 is 0 Å². The first-order valence-corrected chi connectivity index (χ1v) is 7.44. The molecule has 100 valence electrons. The summed E-state index contributed by atoms with van der Waals surface area (Å²) in [5.74, 6) is 0.141. The van der Waals surface area contributed by atoms with Gasteiger partial charge in [0.25, 0.3) is 0 Å². The summed E-state index contributed by atoms with van der Waals surface area (Å²) in [5.41, 5.74) is 6.43. The van der Waals surface area contributed by atoms with Crippen LogP contribution in [-0.4, -0.2) is 34.9 Å². The van der Waals surface area contributed by atoms with Crippen LogP contribution in [-0.2, 0) is 6.42 Å². The highest BCUT2D eigenvalue weighted by atomic mass is 32.1. The average molecular weight is 266 g/mol. The van der Waals surface area contributed by atoms with E-state index in [1.165, 1.54) is 25.8 Å². The second kappa shape index (κ2) is 5.80. The molecule has 0 aliphatic carbocycles. The first kappa shape index (κ1) is 13.5. The highest BCUT2D eigenvalue weighted by Gasteiger charge is 2.18. The zero-order chi connectivity index (χ0) is 13.1. The highest BCUT2D eigenvalue weighted by Crippen LogP contribution is 2.20. The van der Waals surface area contributed by atoms with Crippen molar-refractivity contribution in [3.8, 4) is 0 Å². The lowest BCUT2D eigenvalue weighted by atomic mass is 10.0. The van der Waals surface area contributed by atoms with E-state index in [1.54, 1.807) is 11.3 Å². The number of aryl methyl sites for hydroxylation is 1. The number of aromatic nitrogens is 1. The lowest BCUT2D eigenvalue weighted by molar-refractivity contribution is 0.163. The summed E-state index contributed by atoms with van der Waals surface area (Å²) in [4.78, 5) is 7.89. The summed E-state index contributed by atoms with van der Waals surface area (Å²) in [6, 6.07) is 0.701. The van der Waals surface area contributed by atoms with Crippen LogP contribution in [0.5, 0.6) is 0 Å². The summed E-state index contributed by atoms with van der Waals surface area (Å²) in [7, 11) is 0. The minimum absolute atomic E-state index is 0.141. The number of nitrogens with zero attached hydrogens (tertiary/aromatic N) is 2. The van der Waals surface area contributed by atoms with E-state index in [2.05, 4.69) is 16.8 Å². The SMILES string of the molecule is Cc1nc(CCN2CCCCC2C)sc1C(=N)N. The Balaban J connectivity index is 1.93. The molecule has 1 atom stereocenters. The zero-order valence-corrected chi connectivity index (χ0v) is 12.0. The average Bonchev–Trinajstić information content (AvgIpc) is 2.70. The topological polar surface area (TPSA) is 66.0 Å². The van der Waals surface area contributed by atoms with E-state index in [4.69, 9.17) is 11.1 Å². The fourth-order valence-electron chi connectivity index (χ4n) is 2.54. The number of amidine groups is 1. The Bertz CT molecular complexity index is 427. The first-order chi connectivity index (χ1) is 8.58. The van der Waals surface area contributed by atoms with Gasteiger partial charge in [0.1, 0.15) is 5.84 Å². The van der Waals surface area contributed by atoms with Crippen molar-refractivity contribution in [3.63, 3.8) is 0 Å². The zero-order valence-electron chi connectivity index (χ0n) is 11.2. The lowest BCUT2D eigenvalue weighted by Gasteiger charge is -2.32. The lowest BCUT2D eigenvalue weighted by Crippen LogP contribution is -2.38. The van der Waals surface area contributed by atoms with Gasteiger partial charge in [-0.25, -0.2) is 4.98 Å². The Labute approximate surface area is 113 Å². The summed E-state index contributed by atoms with van der Waals surface area (Å²) >= 11 is 1.57. The largest absolute Gasteiger partial charge is 0.383 e. The molecule has 1 fully saturated rings. The van der Waals surface area contributed by atoms with Gasteiger partial charge in [0.05, 0.1) is 15.6 Å². The van der Waals surface area contributed by atoms with Crippen molar-refractivity contribution in [1.82, 2.24) is 9.88 Å². The van der Waals surface area contributed by atoms with E-state index in [0.717, 1.165) is 28.5 Å². The van der Waals surface area contributed by atoms with Gasteiger partial charge < -0.3 is 10.6 Å². The van der Waals surface area contributed by atoms with Crippen LogP contribution in [0.1, 0.15) is 41.8 Å². The van der Waals surface area contributed by atoms with E-state index in [1.807, 2.05) is 6.92 Å². The van der Waals surface area contributed by atoms with Crippen LogP contribution in [0.3, 0.4) is 0 Å². The Hall–Kier alpha value is -0.940. The monoisotopic (exact) mass is 266 g/mol. The molecule has 2 heterocycles. The quantitative estimate of drug-likeness (QED) is 0.648. The second-order valence-electron chi connectivity index (χ2n) is 5.07. The van der Waals surface area contributed by atoms with Crippen LogP contribution in [0.25, 0.3) is 0 Å². The molecular weight excluding hydrogens is 244 g/mol. The van der Waals surface area contributed by atoms with Crippen molar-refractivity contribution in [1.29, 1.82) is 5.41 Å². The van der Waals surface area contributed by atoms with Crippen molar-refractivity contribution in [3.05, 3.63) is 15.6 Å². The van der Waals surface area contributed by atoms with Crippen molar-refractivity contribution >= 4 is 17.2 Å². The summed E-state index contributed by atoms with van der Waals surface area (Å²) in [6.45, 7) is 6.53. The predicted octanol–water partition coefficient (Wildman–Crippen LogP) is 2.15. The molecule has 4 nitrogen and oxygen atoms in total. The number of nitrogen functional groups attached to an aromatic ring is 1. The van der Waals surface area contributed by atoms with Crippen LogP contribution in [0, 0.1) is 12.3 Å². The number of hydrogen-bond acceptors (Lipinski definition) is 4. The minimum atomic E-state index is 0.141. The van der Waals surface area contributed by atoms with Gasteiger partial charge in [-0.1, -0.05) is 6.42 Å². The molecule has 1 saturated heterocycles. The number of hydrogen-bond donors (Lipinski definition) is 2. The van der Waals surface area contributed by atoms with Gasteiger partial charge in [0.2, 0.25) is 0 Å². The molecule has 0 amide bonds. The van der Waals surface area contributed by atoms with Crippen LogP contribution in [0.4, 0.5) is 0 Å². The Morgan fingerprint density at radius 2 is 2.33 bits per heavy atom. The Morgan fingerprint density at radius 1 is 1.56 bits per heavy atom. The number of thiazole rings is 1. The maximum Gasteiger partial charge on any atom is 0.135 e. The molecule has 5 heteroatoms. The van der Waals surface area contributed by atoms with Crippen LogP contribution in [0.15, 0.2) is 0 Å². The van der Waals surface area contributed by atoms with Gasteiger partial charge in [0, 0.05) is 19.0 Å². The molecule has 1 aromatic heterocycles. The van der Waals surface area contributed by atoms with Gasteiger partial charge in [-0.2, -0.15) is 0 Å². The predicted molar refractivity (Wildman–Crippen MR) is 76.5 cm³/mol. The molecule has 1 unspecified atom stereocenters. The third kappa shape index (κ3) is 3.09. The van der Waals surface area contributed by atoms with Gasteiger partial charge in [-0.05, 0) is 33.2 Å². The third-order valence-corrected chi connectivity index (χ3v) is 4.89. The normalized spacial score (nSPS) is 21.1. The second-order valence-corrected chi connectivity index (χ2v) is 6.15. The van der Waals surface area contributed by atoms with Gasteiger partial charge in [0.15, 0.2) is 0 Å². The van der Waals surface area contributed by atoms with E-state index < -0.39 is 0 Å². The molecule has 3 N–H and O–H groups in total. The van der Waals surface area contributed by atoms with Gasteiger partial charge in [-0.3, -0.25) is 5.41 Å². The molecule has 1 aliphatic rings. The van der Waals surface area contributed by atoms with Crippen LogP contribution in [0.2, 0.25) is 0 Å². The molecule has 0 saturated carbocycles. The number of nitrogens with two attached hydrogens (primary N) is 1. The fourth-order valence-corrected chi connectivity index (χ4v) is 3.45. The minimum Gasteiger partial charge on any atom is -0.383 e. The molecule has 1 aliphatic heterocycles. The number of nitrogens with one attached hydrogen (secondary N) is 1. The molecule has 0 radical (unpaired) electrons. The molecule has 1 aromatic rings. The maximum absolute atomic E-state index is 7.49. The number of rotatable bonds is 4. The molecule has 0 spiro atoms. The smallest absolute Gasteiger partial charge is 0.135 e. The fraction of sp³-hybridized carbons (Fsp3) is 0.692. The molecule has 18 heavy (non-hydrogen) atoms. The highest BCUT2D eigenvalue weighted by molar-refractivity contribution is 7.13. The van der Waals surface area contributed by atoms with Gasteiger partial charge in [-0.15, -0.1) is 11.3 Å². The van der Waals surface area contributed by atoms with Crippen molar-refractivity contribution in [2.24, 2.45) is 5.73 Å². The Morgan fingerprint density at radius 3 is 2.94 bits per heavy atom. The van der Waals surface area contributed by atoms with E-state index in [0.29, 0.717) is 6.04 Å². The number of piperidine rings is 1. The molecule has 0 aromatic carbocycles. The molecular formula is C13H22N4S. The summed E-state index contributed by atoms with van der Waals surface area (Å²) in [5, 5.41) is 8.59. The van der Waals surface area contributed by atoms with Gasteiger partial charge >= 0.3 is 0 Å². The first-order valence-electron chi connectivity index (χ1n) is 6.62. The summed E-state index contributed by atoms with van der Waals surface area (Å²) in [6.07, 6.45) is 4.97. The van der Waals surface area contributed by atoms with Crippen molar-refractivity contribution in [2.45, 2.75) is 45.6 Å². The van der Waals surface area contributed by atoms with Crippen LogP contribution < -0.4 is 5.73 Å². The summed E-state index contributed by atoms with van der Waals surface area (Å²) < 4.78 is 0. The standard InChI is InChI=1S/C13H22N4S/c1-9-5-3-4-7-17(9)8-6-11-16-10(2)12(18-11)13(14)15/h9H,3-8H2,1-2H3,(H3,14,15). The van der Waals surface area contributed by atoms with Crippen LogP contribution >= 0.6 is 11.3 Å². The van der Waals surface area contributed by atoms with Crippen molar-refractivity contribution in [2.75, 3.05) is 13.1 Å². The number of likely N-dealkylation sites (tertiary alicyclic amines) is 1. The Kier molecular flexibility index (Phi) is 4.35. The van der Waals surface area contributed by atoms with E-state index in [9.17, 15) is 0 Å². The molecule has 2 rings (SSSR count). The molecule has 0 bridgehead atoms. The maximum atomic E-state index is 7.49. The van der Waals surface area contributed by atoms with E-state index in [-0.39, 0.29) is 5.84 Å². The van der Waals surface area contributed by atoms with E-state index >= 15 is 0 Å².